The number of methoxy groups -OCH3 is 2. The molecule has 0 aliphatic rings. The molecule has 0 saturated heterocycles. The number of esters is 2. The molecule has 0 rings (SSSR count). The molecule has 17 heavy (non-hydrogen) atoms. The van der Waals surface area contributed by atoms with E-state index in [1.807, 2.05) is 0 Å². The summed E-state index contributed by atoms with van der Waals surface area (Å²) in [5, 5.41) is 9.30. The normalized spacial score (nSPS) is 11.9. The van der Waals surface area contributed by atoms with Gasteiger partial charge < -0.3 is 24.1 Å². The largest absolute Gasteiger partial charge is 0.463 e. The van der Waals surface area contributed by atoms with Crippen molar-refractivity contribution in [2.75, 3.05) is 40.6 Å². The summed E-state index contributed by atoms with van der Waals surface area (Å²) < 4.78 is 18.6. The van der Waals surface area contributed by atoms with Crippen LogP contribution in [0.3, 0.4) is 0 Å². The van der Waals surface area contributed by atoms with Crippen LogP contribution in [-0.2, 0) is 28.5 Å². The Balaban J connectivity index is 3.71. The van der Waals surface area contributed by atoms with E-state index in [9.17, 15) is 14.7 Å². The molecule has 1 atom stereocenters. The number of hydrogen-bond donors (Lipinski definition) is 1. The van der Waals surface area contributed by atoms with Crippen molar-refractivity contribution >= 4 is 11.9 Å². The number of carbonyl (C=O) groups is 2. The average Bonchev–Trinajstić information content (AvgIpc) is 2.29. The Bertz CT molecular complexity index is 229. The first kappa shape index (κ1) is 15.8. The van der Waals surface area contributed by atoms with E-state index in [1.165, 1.54) is 14.2 Å². The molecule has 0 saturated carbocycles. The van der Waals surface area contributed by atoms with Gasteiger partial charge in [0.25, 0.3) is 0 Å². The van der Waals surface area contributed by atoms with Crippen LogP contribution in [0.2, 0.25) is 0 Å². The summed E-state index contributed by atoms with van der Waals surface area (Å²) in [6.07, 6.45) is -1.95. The summed E-state index contributed by atoms with van der Waals surface area (Å²) in [5.41, 5.74) is 0. The van der Waals surface area contributed by atoms with Crippen molar-refractivity contribution in [3.8, 4) is 0 Å². The average molecular weight is 250 g/mol. The Kier molecular flexibility index (Phi) is 9.31. The van der Waals surface area contributed by atoms with Gasteiger partial charge in [0.1, 0.15) is 13.2 Å². The van der Waals surface area contributed by atoms with Crippen molar-refractivity contribution in [3.63, 3.8) is 0 Å². The first-order valence-corrected chi connectivity index (χ1v) is 5.10. The summed E-state index contributed by atoms with van der Waals surface area (Å²) in [7, 11) is 2.92. The third kappa shape index (κ3) is 8.61. The fraction of sp³-hybridized carbons (Fsp3) is 0.800. The highest BCUT2D eigenvalue weighted by Gasteiger charge is 2.21. The molecule has 0 aromatic heterocycles. The standard InChI is InChI=1S/C10H18O7/c1-14-3-5-16-9(12)7-8(11)10(13)17-6-4-15-2/h8,11H,3-7H2,1-2H3. The fourth-order valence-electron chi connectivity index (χ4n) is 0.861. The van der Waals surface area contributed by atoms with Gasteiger partial charge in [0, 0.05) is 14.2 Å². The van der Waals surface area contributed by atoms with Crippen LogP contribution in [0.5, 0.6) is 0 Å². The van der Waals surface area contributed by atoms with Gasteiger partial charge in [-0.1, -0.05) is 0 Å². The highest BCUT2D eigenvalue weighted by atomic mass is 16.6. The van der Waals surface area contributed by atoms with E-state index < -0.39 is 24.5 Å². The Morgan fingerprint density at radius 1 is 1.00 bits per heavy atom. The molecule has 0 aromatic rings. The van der Waals surface area contributed by atoms with Crippen molar-refractivity contribution in [2.45, 2.75) is 12.5 Å². The summed E-state index contributed by atoms with van der Waals surface area (Å²) in [4.78, 5) is 22.2. The third-order valence-corrected chi connectivity index (χ3v) is 1.71. The zero-order valence-electron chi connectivity index (χ0n) is 10.0. The molecule has 7 heteroatoms. The molecule has 0 aromatic carbocycles. The van der Waals surface area contributed by atoms with Crippen LogP contribution in [-0.4, -0.2) is 63.8 Å². The van der Waals surface area contributed by atoms with E-state index in [1.54, 1.807) is 0 Å². The van der Waals surface area contributed by atoms with Gasteiger partial charge >= 0.3 is 11.9 Å². The van der Waals surface area contributed by atoms with Gasteiger partial charge in [-0.05, 0) is 0 Å². The Labute approximate surface area is 99.6 Å². The van der Waals surface area contributed by atoms with Crippen molar-refractivity contribution in [2.24, 2.45) is 0 Å². The number of rotatable bonds is 9. The van der Waals surface area contributed by atoms with Crippen molar-refractivity contribution < 1.29 is 33.6 Å². The van der Waals surface area contributed by atoms with E-state index in [4.69, 9.17) is 0 Å². The molecule has 0 heterocycles. The zero-order chi connectivity index (χ0) is 13.1. The molecule has 0 fully saturated rings. The molecule has 100 valence electrons. The maximum atomic E-state index is 11.1. The number of aliphatic hydroxyl groups is 1. The number of ether oxygens (including phenoxy) is 4. The number of hydrogen-bond acceptors (Lipinski definition) is 7. The topological polar surface area (TPSA) is 91.3 Å². The summed E-state index contributed by atoms with van der Waals surface area (Å²) in [6, 6.07) is 0. The monoisotopic (exact) mass is 250 g/mol. The van der Waals surface area contributed by atoms with Gasteiger partial charge in [-0.25, -0.2) is 4.79 Å². The van der Waals surface area contributed by atoms with Crippen molar-refractivity contribution in [1.29, 1.82) is 0 Å². The predicted octanol–water partition coefficient (Wildman–Crippen LogP) is -0.883. The minimum atomic E-state index is -1.51. The molecule has 7 nitrogen and oxygen atoms in total. The fourth-order valence-corrected chi connectivity index (χ4v) is 0.861. The Morgan fingerprint density at radius 2 is 1.53 bits per heavy atom. The molecule has 0 amide bonds. The minimum absolute atomic E-state index is 0.0329. The lowest BCUT2D eigenvalue weighted by molar-refractivity contribution is -0.161. The van der Waals surface area contributed by atoms with Crippen LogP contribution < -0.4 is 0 Å². The van der Waals surface area contributed by atoms with Crippen LogP contribution in [0.4, 0.5) is 0 Å². The van der Waals surface area contributed by atoms with Gasteiger partial charge in [0.2, 0.25) is 0 Å². The summed E-state index contributed by atoms with van der Waals surface area (Å²) >= 11 is 0. The van der Waals surface area contributed by atoms with Crippen LogP contribution >= 0.6 is 0 Å². The van der Waals surface area contributed by atoms with Crippen molar-refractivity contribution in [1.82, 2.24) is 0 Å². The minimum Gasteiger partial charge on any atom is -0.463 e. The van der Waals surface area contributed by atoms with E-state index in [2.05, 4.69) is 18.9 Å². The molecule has 0 aliphatic heterocycles. The number of aliphatic hydroxyl groups excluding tert-OH is 1. The first-order chi connectivity index (χ1) is 8.11. The molecule has 1 unspecified atom stereocenters. The molecular weight excluding hydrogens is 232 g/mol. The Morgan fingerprint density at radius 3 is 2.06 bits per heavy atom. The lowest BCUT2D eigenvalue weighted by Gasteiger charge is -2.10. The van der Waals surface area contributed by atoms with E-state index in [-0.39, 0.29) is 26.4 Å². The van der Waals surface area contributed by atoms with Gasteiger partial charge in [0.15, 0.2) is 6.10 Å². The van der Waals surface area contributed by atoms with Gasteiger partial charge in [0.05, 0.1) is 19.6 Å². The van der Waals surface area contributed by atoms with Gasteiger partial charge in [-0.2, -0.15) is 0 Å². The third-order valence-electron chi connectivity index (χ3n) is 1.71. The lowest BCUT2D eigenvalue weighted by atomic mass is 10.2. The maximum absolute atomic E-state index is 11.1. The molecule has 0 bridgehead atoms. The van der Waals surface area contributed by atoms with Gasteiger partial charge in [-0.3, -0.25) is 4.79 Å². The SMILES string of the molecule is COCCOC(=O)CC(O)C(=O)OCCOC. The van der Waals surface area contributed by atoms with Crippen LogP contribution in [0.15, 0.2) is 0 Å². The smallest absolute Gasteiger partial charge is 0.335 e. The predicted molar refractivity (Wildman–Crippen MR) is 56.3 cm³/mol. The van der Waals surface area contributed by atoms with Crippen LogP contribution in [0.1, 0.15) is 6.42 Å². The summed E-state index contributed by atoms with van der Waals surface area (Å²) in [5.74, 6) is -1.55. The molecule has 0 radical (unpaired) electrons. The molecule has 0 spiro atoms. The summed E-state index contributed by atoms with van der Waals surface area (Å²) in [6.45, 7) is 0.614. The second kappa shape index (κ2) is 10.0. The zero-order valence-corrected chi connectivity index (χ0v) is 10.0. The van der Waals surface area contributed by atoms with Crippen LogP contribution in [0, 0.1) is 0 Å². The first-order valence-electron chi connectivity index (χ1n) is 5.10. The maximum Gasteiger partial charge on any atom is 0.335 e. The van der Waals surface area contributed by atoms with Gasteiger partial charge in [-0.15, -0.1) is 0 Å². The Hall–Kier alpha value is -1.18. The quantitative estimate of drug-likeness (QED) is 0.419. The molecule has 0 aliphatic carbocycles. The molecule has 1 N–H and O–H groups in total. The lowest BCUT2D eigenvalue weighted by Crippen LogP contribution is -2.28. The number of carbonyl (C=O) groups excluding carboxylic acids is 2. The highest BCUT2D eigenvalue weighted by Crippen LogP contribution is 1.98. The molecular formula is C10H18O7. The van der Waals surface area contributed by atoms with E-state index >= 15 is 0 Å². The van der Waals surface area contributed by atoms with Crippen LogP contribution in [0.25, 0.3) is 0 Å². The second-order valence-corrected chi connectivity index (χ2v) is 3.09. The highest BCUT2D eigenvalue weighted by molar-refractivity contribution is 5.81. The van der Waals surface area contributed by atoms with E-state index in [0.29, 0.717) is 0 Å². The second-order valence-electron chi connectivity index (χ2n) is 3.09. The van der Waals surface area contributed by atoms with E-state index in [0.717, 1.165) is 0 Å². The van der Waals surface area contributed by atoms with Crippen molar-refractivity contribution in [3.05, 3.63) is 0 Å².